The van der Waals surface area contributed by atoms with Gasteiger partial charge in [0, 0.05) is 32.7 Å². The van der Waals surface area contributed by atoms with Gasteiger partial charge in [-0.25, -0.2) is 0 Å². The van der Waals surface area contributed by atoms with Crippen molar-refractivity contribution in [1.29, 1.82) is 0 Å². The molecule has 0 bridgehead atoms. The third-order valence-electron chi connectivity index (χ3n) is 3.34. The summed E-state index contributed by atoms with van der Waals surface area (Å²) in [5.41, 5.74) is 0. The van der Waals surface area contributed by atoms with E-state index in [1.807, 2.05) is 6.92 Å². The Hall–Kier alpha value is -0.610. The molecular weight excluding hydrogens is 204 g/mol. The van der Waals surface area contributed by atoms with Gasteiger partial charge in [0.15, 0.2) is 0 Å². The minimum absolute atomic E-state index is 0.0851. The van der Waals surface area contributed by atoms with Crippen molar-refractivity contribution in [3.63, 3.8) is 0 Å². The summed E-state index contributed by atoms with van der Waals surface area (Å²) in [6.07, 6.45) is 2.84. The van der Waals surface area contributed by atoms with E-state index in [0.717, 1.165) is 32.1 Å². The lowest BCUT2D eigenvalue weighted by Gasteiger charge is -2.34. The van der Waals surface area contributed by atoms with Gasteiger partial charge in [0.25, 0.3) is 0 Å². The largest absolute Gasteiger partial charge is 0.465 e. The van der Waals surface area contributed by atoms with Crippen LogP contribution in [0.3, 0.4) is 0 Å². The van der Waals surface area contributed by atoms with E-state index in [4.69, 9.17) is 4.74 Å². The quantitative estimate of drug-likeness (QED) is 0.642. The molecule has 1 saturated heterocycles. The molecule has 1 aliphatic carbocycles. The number of piperazine rings is 1. The van der Waals surface area contributed by atoms with Crippen molar-refractivity contribution in [2.24, 2.45) is 5.92 Å². The van der Waals surface area contributed by atoms with Crippen LogP contribution in [0.25, 0.3) is 0 Å². The average molecular weight is 226 g/mol. The molecule has 0 N–H and O–H groups in total. The molecule has 0 amide bonds. The van der Waals surface area contributed by atoms with E-state index < -0.39 is 0 Å². The molecule has 16 heavy (non-hydrogen) atoms. The Labute approximate surface area is 97.5 Å². The number of carbonyl (C=O) groups is 1. The molecule has 1 saturated carbocycles. The molecule has 0 spiro atoms. The predicted molar refractivity (Wildman–Crippen MR) is 62.2 cm³/mol. The lowest BCUT2D eigenvalue weighted by molar-refractivity contribution is -0.144. The molecule has 2 rings (SSSR count). The highest BCUT2D eigenvalue weighted by Crippen LogP contribution is 2.29. The molecule has 1 heterocycles. The Morgan fingerprint density at radius 3 is 2.38 bits per heavy atom. The third-order valence-corrected chi connectivity index (χ3v) is 3.34. The van der Waals surface area contributed by atoms with Crippen LogP contribution < -0.4 is 0 Å². The highest BCUT2D eigenvalue weighted by Gasteiger charge is 2.26. The molecular formula is C12H22N2O2. The Bertz CT molecular complexity index is 233. The van der Waals surface area contributed by atoms with Gasteiger partial charge in [-0.3, -0.25) is 9.69 Å². The van der Waals surface area contributed by atoms with Crippen LogP contribution in [0.5, 0.6) is 0 Å². The second kappa shape index (κ2) is 5.64. The smallest absolute Gasteiger partial charge is 0.320 e. The predicted octanol–water partition coefficient (Wildman–Crippen LogP) is 0.577. The Morgan fingerprint density at radius 2 is 1.81 bits per heavy atom. The van der Waals surface area contributed by atoms with E-state index in [0.29, 0.717) is 13.2 Å². The van der Waals surface area contributed by atoms with Crippen LogP contribution in [0.4, 0.5) is 0 Å². The molecule has 4 heteroatoms. The van der Waals surface area contributed by atoms with Crippen LogP contribution in [0.15, 0.2) is 0 Å². The van der Waals surface area contributed by atoms with Crippen LogP contribution in [0.2, 0.25) is 0 Å². The Kier molecular flexibility index (Phi) is 4.18. The molecule has 1 aliphatic heterocycles. The Balaban J connectivity index is 1.62. The maximum atomic E-state index is 11.3. The number of carbonyl (C=O) groups excluding carboxylic acids is 1. The van der Waals surface area contributed by atoms with E-state index >= 15 is 0 Å². The van der Waals surface area contributed by atoms with Gasteiger partial charge in [0.1, 0.15) is 0 Å². The van der Waals surface area contributed by atoms with Crippen molar-refractivity contribution in [1.82, 2.24) is 9.80 Å². The van der Waals surface area contributed by atoms with Gasteiger partial charge in [-0.2, -0.15) is 0 Å². The summed E-state index contributed by atoms with van der Waals surface area (Å²) in [4.78, 5) is 16.0. The second-order valence-electron chi connectivity index (χ2n) is 4.83. The number of hydrogen-bond acceptors (Lipinski definition) is 4. The molecule has 0 unspecified atom stereocenters. The van der Waals surface area contributed by atoms with Crippen molar-refractivity contribution in [3.05, 3.63) is 0 Å². The molecule has 2 aliphatic rings. The first-order valence-electron chi connectivity index (χ1n) is 6.38. The standard InChI is InChI=1S/C12H22N2O2/c1-2-16-12(15)10-14-7-5-13(6-8-14)9-11-3-4-11/h11H,2-10H2,1H3. The average Bonchev–Trinajstić information content (AvgIpc) is 3.05. The van der Waals surface area contributed by atoms with Gasteiger partial charge < -0.3 is 9.64 Å². The van der Waals surface area contributed by atoms with Gasteiger partial charge in [-0.05, 0) is 25.7 Å². The van der Waals surface area contributed by atoms with E-state index in [-0.39, 0.29) is 5.97 Å². The van der Waals surface area contributed by atoms with Crippen LogP contribution in [0, 0.1) is 5.92 Å². The normalized spacial score (nSPS) is 23.3. The van der Waals surface area contributed by atoms with Crippen molar-refractivity contribution in [3.8, 4) is 0 Å². The Morgan fingerprint density at radius 1 is 1.19 bits per heavy atom. The number of rotatable bonds is 5. The van der Waals surface area contributed by atoms with Gasteiger partial charge in [-0.15, -0.1) is 0 Å². The summed E-state index contributed by atoms with van der Waals surface area (Å²) in [6.45, 7) is 8.30. The molecule has 0 aromatic heterocycles. The van der Waals surface area contributed by atoms with E-state index in [1.54, 1.807) is 0 Å². The number of nitrogens with zero attached hydrogens (tertiary/aromatic N) is 2. The van der Waals surface area contributed by atoms with Crippen LogP contribution in [0.1, 0.15) is 19.8 Å². The zero-order chi connectivity index (χ0) is 11.4. The van der Waals surface area contributed by atoms with E-state index in [9.17, 15) is 4.79 Å². The van der Waals surface area contributed by atoms with Gasteiger partial charge >= 0.3 is 5.97 Å². The monoisotopic (exact) mass is 226 g/mol. The highest BCUT2D eigenvalue weighted by atomic mass is 16.5. The first-order chi connectivity index (χ1) is 7.78. The molecule has 0 radical (unpaired) electrons. The summed E-state index contributed by atoms with van der Waals surface area (Å²) in [5, 5.41) is 0. The van der Waals surface area contributed by atoms with Crippen LogP contribution in [-0.4, -0.2) is 61.6 Å². The lowest BCUT2D eigenvalue weighted by atomic mass is 10.3. The summed E-state index contributed by atoms with van der Waals surface area (Å²) in [7, 11) is 0. The zero-order valence-corrected chi connectivity index (χ0v) is 10.2. The first kappa shape index (κ1) is 11.9. The minimum Gasteiger partial charge on any atom is -0.465 e. The van der Waals surface area contributed by atoms with E-state index in [1.165, 1.54) is 19.4 Å². The molecule has 4 nitrogen and oxygen atoms in total. The fraction of sp³-hybridized carbons (Fsp3) is 0.917. The fourth-order valence-electron chi connectivity index (χ4n) is 2.18. The van der Waals surface area contributed by atoms with Gasteiger partial charge in [0.05, 0.1) is 13.2 Å². The summed E-state index contributed by atoms with van der Waals surface area (Å²) >= 11 is 0. The van der Waals surface area contributed by atoms with Gasteiger partial charge in [-0.1, -0.05) is 0 Å². The molecule has 0 atom stereocenters. The summed E-state index contributed by atoms with van der Waals surface area (Å²) < 4.78 is 4.95. The molecule has 0 aromatic carbocycles. The number of esters is 1. The zero-order valence-electron chi connectivity index (χ0n) is 10.2. The van der Waals surface area contributed by atoms with Crippen molar-refractivity contribution in [2.45, 2.75) is 19.8 Å². The van der Waals surface area contributed by atoms with Crippen LogP contribution in [-0.2, 0) is 9.53 Å². The molecule has 92 valence electrons. The SMILES string of the molecule is CCOC(=O)CN1CCN(CC2CC2)CC1. The van der Waals surface area contributed by atoms with Crippen molar-refractivity contribution >= 4 is 5.97 Å². The topological polar surface area (TPSA) is 32.8 Å². The lowest BCUT2D eigenvalue weighted by Crippen LogP contribution is -2.48. The summed E-state index contributed by atoms with van der Waals surface area (Å²) in [5.74, 6) is 0.884. The summed E-state index contributed by atoms with van der Waals surface area (Å²) in [6, 6.07) is 0. The van der Waals surface area contributed by atoms with Crippen molar-refractivity contribution < 1.29 is 9.53 Å². The maximum absolute atomic E-state index is 11.3. The first-order valence-corrected chi connectivity index (χ1v) is 6.38. The molecule has 2 fully saturated rings. The third kappa shape index (κ3) is 3.76. The van der Waals surface area contributed by atoms with Crippen molar-refractivity contribution in [2.75, 3.05) is 45.9 Å². The fourth-order valence-corrected chi connectivity index (χ4v) is 2.18. The second-order valence-corrected chi connectivity index (χ2v) is 4.83. The highest BCUT2D eigenvalue weighted by molar-refractivity contribution is 5.71. The maximum Gasteiger partial charge on any atom is 0.320 e. The minimum atomic E-state index is -0.0851. The van der Waals surface area contributed by atoms with E-state index in [2.05, 4.69) is 9.80 Å². The molecule has 0 aromatic rings. The van der Waals surface area contributed by atoms with Crippen LogP contribution >= 0.6 is 0 Å². The number of hydrogen-bond donors (Lipinski definition) is 0. The van der Waals surface area contributed by atoms with Gasteiger partial charge in [0.2, 0.25) is 0 Å². The number of ether oxygens (including phenoxy) is 1.